The van der Waals surface area contributed by atoms with E-state index < -0.39 is 6.10 Å². The molecule has 1 atom stereocenters. The minimum absolute atomic E-state index is 0.213. The van der Waals surface area contributed by atoms with E-state index in [4.69, 9.17) is 9.47 Å². The van der Waals surface area contributed by atoms with Gasteiger partial charge < -0.3 is 14.8 Å². The molecule has 1 N–H and O–H groups in total. The summed E-state index contributed by atoms with van der Waals surface area (Å²) in [6.45, 7) is 4.61. The summed E-state index contributed by atoms with van der Waals surface area (Å²) in [4.78, 5) is 12.1. The number of aryl methyl sites for hydroxylation is 1. The van der Waals surface area contributed by atoms with Crippen LogP contribution in [0.25, 0.3) is 0 Å². The quantitative estimate of drug-likeness (QED) is 0.753. The Kier molecular flexibility index (Phi) is 6.61. The highest BCUT2D eigenvalue weighted by molar-refractivity contribution is 5.81. The third kappa shape index (κ3) is 5.57. The second-order valence-electron chi connectivity index (χ2n) is 5.42. The topological polar surface area (TPSA) is 47.6 Å². The highest BCUT2D eigenvalue weighted by Gasteiger charge is 2.17. The van der Waals surface area contributed by atoms with E-state index in [1.807, 2.05) is 38.1 Å². The average molecular weight is 331 g/mol. The summed E-state index contributed by atoms with van der Waals surface area (Å²) in [6.07, 6.45) is -0.100. The van der Waals surface area contributed by atoms with Gasteiger partial charge in [0.1, 0.15) is 23.9 Å². The average Bonchev–Trinajstić information content (AvgIpc) is 2.58. The van der Waals surface area contributed by atoms with Crippen LogP contribution >= 0.6 is 0 Å². The third-order valence-electron chi connectivity index (χ3n) is 3.41. The first-order valence-electron chi connectivity index (χ1n) is 7.98. The molecule has 0 aromatic heterocycles. The molecule has 5 heteroatoms. The maximum Gasteiger partial charge on any atom is 0.261 e. The lowest BCUT2D eigenvalue weighted by Gasteiger charge is -2.17. The lowest BCUT2D eigenvalue weighted by molar-refractivity contribution is -0.128. The molecule has 0 bridgehead atoms. The number of carbonyl (C=O) groups excluding carboxylic acids is 1. The van der Waals surface area contributed by atoms with E-state index in [1.54, 1.807) is 0 Å². The molecule has 0 fully saturated rings. The Hall–Kier alpha value is -2.56. The highest BCUT2D eigenvalue weighted by atomic mass is 19.1. The van der Waals surface area contributed by atoms with Gasteiger partial charge in [-0.3, -0.25) is 4.79 Å². The van der Waals surface area contributed by atoms with Gasteiger partial charge in [0.2, 0.25) is 0 Å². The fourth-order valence-electron chi connectivity index (χ4n) is 2.16. The SMILES string of the molecule is CC[C@@H](Oc1ccc(F)cc1)C(=O)NCCOc1cccc(C)c1. The van der Waals surface area contributed by atoms with Crippen LogP contribution in [0.4, 0.5) is 4.39 Å². The molecule has 0 unspecified atom stereocenters. The highest BCUT2D eigenvalue weighted by Crippen LogP contribution is 2.14. The molecule has 0 aliphatic rings. The zero-order chi connectivity index (χ0) is 17.4. The first kappa shape index (κ1) is 17.8. The Balaban J connectivity index is 1.76. The van der Waals surface area contributed by atoms with Crippen molar-refractivity contribution in [2.45, 2.75) is 26.4 Å². The largest absolute Gasteiger partial charge is 0.492 e. The molecule has 2 aromatic rings. The lowest BCUT2D eigenvalue weighted by atomic mass is 10.2. The molecule has 0 radical (unpaired) electrons. The van der Waals surface area contributed by atoms with Crippen molar-refractivity contribution >= 4 is 5.91 Å². The second kappa shape index (κ2) is 8.91. The van der Waals surface area contributed by atoms with Crippen LogP contribution in [0.1, 0.15) is 18.9 Å². The van der Waals surface area contributed by atoms with E-state index in [0.29, 0.717) is 25.3 Å². The second-order valence-corrected chi connectivity index (χ2v) is 5.42. The molecule has 1 amide bonds. The van der Waals surface area contributed by atoms with Crippen molar-refractivity contribution in [3.8, 4) is 11.5 Å². The Labute approximate surface area is 141 Å². The number of rotatable bonds is 8. The van der Waals surface area contributed by atoms with Crippen LogP contribution in [0, 0.1) is 12.7 Å². The summed E-state index contributed by atoms with van der Waals surface area (Å²) in [5.41, 5.74) is 1.12. The van der Waals surface area contributed by atoms with Crippen LogP contribution in [0.3, 0.4) is 0 Å². The van der Waals surface area contributed by atoms with E-state index in [2.05, 4.69) is 5.32 Å². The molecule has 0 saturated heterocycles. The maximum atomic E-state index is 12.9. The van der Waals surface area contributed by atoms with Gasteiger partial charge in [-0.1, -0.05) is 19.1 Å². The first-order chi connectivity index (χ1) is 11.6. The maximum absolute atomic E-state index is 12.9. The van der Waals surface area contributed by atoms with E-state index in [-0.39, 0.29) is 11.7 Å². The van der Waals surface area contributed by atoms with Crippen LogP contribution in [-0.4, -0.2) is 25.2 Å². The predicted octanol–water partition coefficient (Wildman–Crippen LogP) is 3.49. The fraction of sp³-hybridized carbons (Fsp3) is 0.316. The van der Waals surface area contributed by atoms with Gasteiger partial charge in [0.05, 0.1) is 6.54 Å². The Bertz CT molecular complexity index is 658. The van der Waals surface area contributed by atoms with Gasteiger partial charge in [-0.25, -0.2) is 4.39 Å². The zero-order valence-corrected chi connectivity index (χ0v) is 13.9. The molecular weight excluding hydrogens is 309 g/mol. The predicted molar refractivity (Wildman–Crippen MR) is 90.8 cm³/mol. The molecule has 0 heterocycles. The minimum Gasteiger partial charge on any atom is -0.492 e. The summed E-state index contributed by atoms with van der Waals surface area (Å²) in [5.74, 6) is 0.691. The van der Waals surface area contributed by atoms with Gasteiger partial charge in [0.15, 0.2) is 6.10 Å². The molecule has 0 saturated carbocycles. The fourth-order valence-corrected chi connectivity index (χ4v) is 2.16. The van der Waals surface area contributed by atoms with Crippen LogP contribution in [0.2, 0.25) is 0 Å². The third-order valence-corrected chi connectivity index (χ3v) is 3.41. The summed E-state index contributed by atoms with van der Waals surface area (Å²) in [6, 6.07) is 13.3. The molecule has 0 aliphatic heterocycles. The van der Waals surface area contributed by atoms with Crippen LogP contribution in [-0.2, 0) is 4.79 Å². The van der Waals surface area contributed by atoms with Crippen molar-refractivity contribution in [1.29, 1.82) is 0 Å². The first-order valence-corrected chi connectivity index (χ1v) is 7.98. The van der Waals surface area contributed by atoms with Crippen molar-refractivity contribution < 1.29 is 18.7 Å². The molecule has 4 nitrogen and oxygen atoms in total. The van der Waals surface area contributed by atoms with Crippen molar-refractivity contribution in [3.05, 3.63) is 59.9 Å². The number of ether oxygens (including phenoxy) is 2. The van der Waals surface area contributed by atoms with Crippen molar-refractivity contribution in [2.24, 2.45) is 0 Å². The van der Waals surface area contributed by atoms with Gasteiger partial charge in [-0.2, -0.15) is 0 Å². The standard InChI is InChI=1S/C19H22FNO3/c1-3-18(24-16-9-7-15(20)8-10-16)19(22)21-11-12-23-17-6-4-5-14(2)13-17/h4-10,13,18H,3,11-12H2,1-2H3,(H,21,22)/t18-/m1/s1. The van der Waals surface area contributed by atoms with Gasteiger partial charge in [0, 0.05) is 0 Å². The Morgan fingerprint density at radius 3 is 2.58 bits per heavy atom. The van der Waals surface area contributed by atoms with E-state index >= 15 is 0 Å². The van der Waals surface area contributed by atoms with Crippen LogP contribution in [0.15, 0.2) is 48.5 Å². The number of nitrogens with one attached hydrogen (secondary N) is 1. The van der Waals surface area contributed by atoms with Crippen molar-refractivity contribution in [2.75, 3.05) is 13.2 Å². The van der Waals surface area contributed by atoms with Gasteiger partial charge in [-0.15, -0.1) is 0 Å². The van der Waals surface area contributed by atoms with E-state index in [1.165, 1.54) is 24.3 Å². The molecular formula is C19H22FNO3. The zero-order valence-electron chi connectivity index (χ0n) is 13.9. The molecule has 2 rings (SSSR count). The van der Waals surface area contributed by atoms with Gasteiger partial charge in [-0.05, 0) is 55.3 Å². The molecule has 24 heavy (non-hydrogen) atoms. The van der Waals surface area contributed by atoms with E-state index in [9.17, 15) is 9.18 Å². The number of amides is 1. The molecule has 0 spiro atoms. The lowest BCUT2D eigenvalue weighted by Crippen LogP contribution is -2.39. The van der Waals surface area contributed by atoms with Crippen molar-refractivity contribution in [3.63, 3.8) is 0 Å². The number of carbonyl (C=O) groups is 1. The van der Waals surface area contributed by atoms with E-state index in [0.717, 1.165) is 11.3 Å². The minimum atomic E-state index is -0.616. The van der Waals surface area contributed by atoms with Gasteiger partial charge in [0.25, 0.3) is 5.91 Å². The number of hydrogen-bond acceptors (Lipinski definition) is 3. The Morgan fingerprint density at radius 1 is 1.17 bits per heavy atom. The molecule has 0 aliphatic carbocycles. The van der Waals surface area contributed by atoms with Gasteiger partial charge >= 0.3 is 0 Å². The number of halogens is 1. The monoisotopic (exact) mass is 331 g/mol. The Morgan fingerprint density at radius 2 is 1.92 bits per heavy atom. The molecule has 128 valence electrons. The molecule has 2 aromatic carbocycles. The summed E-state index contributed by atoms with van der Waals surface area (Å²) in [7, 11) is 0. The van der Waals surface area contributed by atoms with Crippen LogP contribution < -0.4 is 14.8 Å². The smallest absolute Gasteiger partial charge is 0.261 e. The number of hydrogen-bond donors (Lipinski definition) is 1. The summed E-state index contributed by atoms with van der Waals surface area (Å²) >= 11 is 0. The summed E-state index contributed by atoms with van der Waals surface area (Å²) in [5, 5.41) is 2.79. The number of benzene rings is 2. The van der Waals surface area contributed by atoms with Crippen LogP contribution in [0.5, 0.6) is 11.5 Å². The normalized spacial score (nSPS) is 11.6. The van der Waals surface area contributed by atoms with Crippen molar-refractivity contribution in [1.82, 2.24) is 5.32 Å². The summed E-state index contributed by atoms with van der Waals surface area (Å²) < 4.78 is 24.1.